The minimum absolute atomic E-state index is 0.176. The lowest BCUT2D eigenvalue weighted by Gasteiger charge is -2.15. The summed E-state index contributed by atoms with van der Waals surface area (Å²) in [6.07, 6.45) is 7.49. The second-order valence-corrected chi connectivity index (χ2v) is 6.30. The minimum atomic E-state index is -4.31. The van der Waals surface area contributed by atoms with E-state index in [1.165, 1.54) is 12.1 Å². The first-order valence-corrected chi connectivity index (χ1v) is 8.40. The molecule has 0 radical (unpaired) electrons. The van der Waals surface area contributed by atoms with Crippen LogP contribution in [0.1, 0.15) is 12.0 Å². The summed E-state index contributed by atoms with van der Waals surface area (Å²) in [6, 6.07) is 5.74. The molecule has 1 unspecified atom stereocenters. The van der Waals surface area contributed by atoms with E-state index in [1.54, 1.807) is 19.1 Å². The number of hydrogen-bond acceptors (Lipinski definition) is 7. The lowest BCUT2D eigenvalue weighted by atomic mass is 10.2. The van der Waals surface area contributed by atoms with Gasteiger partial charge in [-0.15, -0.1) is 12.8 Å². The van der Waals surface area contributed by atoms with Crippen molar-refractivity contribution in [3.05, 3.63) is 29.8 Å². The Balaban J connectivity index is 2.96. The summed E-state index contributed by atoms with van der Waals surface area (Å²) in [5, 5.41) is 0. The van der Waals surface area contributed by atoms with Gasteiger partial charge in [-0.25, -0.2) is 4.79 Å². The predicted octanol–water partition coefficient (Wildman–Crippen LogP) is 0.812. The van der Waals surface area contributed by atoms with Gasteiger partial charge in [0, 0.05) is 0 Å². The third kappa shape index (κ3) is 6.68. The molecule has 0 heterocycles. The van der Waals surface area contributed by atoms with Gasteiger partial charge in [-0.1, -0.05) is 29.5 Å². The van der Waals surface area contributed by atoms with Crippen LogP contribution in [0.3, 0.4) is 0 Å². The molecule has 0 aromatic heterocycles. The average Bonchev–Trinajstić information content (AvgIpc) is 2.57. The maximum absolute atomic E-state index is 12.3. The van der Waals surface area contributed by atoms with Crippen molar-refractivity contribution in [2.24, 2.45) is 0 Å². The van der Waals surface area contributed by atoms with Gasteiger partial charge in [0.1, 0.15) is 0 Å². The summed E-state index contributed by atoms with van der Waals surface area (Å²) in [4.78, 5) is 23.4. The summed E-state index contributed by atoms with van der Waals surface area (Å²) < 4.78 is 38.7. The van der Waals surface area contributed by atoms with E-state index in [2.05, 4.69) is 21.3 Å². The highest BCUT2D eigenvalue weighted by atomic mass is 32.2. The van der Waals surface area contributed by atoms with Crippen LogP contribution in [0.2, 0.25) is 0 Å². The Morgan fingerprint density at radius 3 is 2.20 bits per heavy atom. The fourth-order valence-electron chi connectivity index (χ4n) is 1.61. The van der Waals surface area contributed by atoms with Gasteiger partial charge in [0.05, 0.1) is 11.3 Å². The highest BCUT2D eigenvalue weighted by molar-refractivity contribution is 7.86. The van der Waals surface area contributed by atoms with E-state index in [0.29, 0.717) is 0 Å². The first-order chi connectivity index (χ1) is 11.8. The van der Waals surface area contributed by atoms with Crippen LogP contribution in [0, 0.1) is 31.6 Å². The molecule has 7 nitrogen and oxygen atoms in total. The molecule has 0 fully saturated rings. The largest absolute Gasteiger partial charge is 0.452 e. The molecule has 0 aliphatic rings. The van der Waals surface area contributed by atoms with Gasteiger partial charge >= 0.3 is 11.9 Å². The number of ether oxygens (including phenoxy) is 2. The molecule has 0 spiro atoms. The maximum Gasteiger partial charge on any atom is 0.338 e. The van der Waals surface area contributed by atoms with Gasteiger partial charge in [-0.3, -0.25) is 8.98 Å². The molecule has 1 aromatic carbocycles. The number of carbonyl (C=O) groups excluding carboxylic acids is 2. The molecule has 1 aromatic rings. The normalized spacial score (nSPS) is 11.6. The second-order valence-electron chi connectivity index (χ2n) is 4.73. The number of terminal acetylenes is 2. The van der Waals surface area contributed by atoms with Gasteiger partial charge in [0.2, 0.25) is 0 Å². The van der Waals surface area contributed by atoms with E-state index in [-0.39, 0.29) is 11.5 Å². The molecule has 0 saturated carbocycles. The molecular formula is C17H16O7S. The van der Waals surface area contributed by atoms with Crippen molar-refractivity contribution in [2.45, 2.75) is 24.3 Å². The predicted molar refractivity (Wildman–Crippen MR) is 87.4 cm³/mol. The molecule has 0 amide bonds. The monoisotopic (exact) mass is 364 g/mol. The van der Waals surface area contributed by atoms with Crippen LogP contribution in [-0.2, 0) is 33.4 Å². The molecule has 0 aliphatic heterocycles. The van der Waals surface area contributed by atoms with E-state index in [0.717, 1.165) is 5.56 Å². The Morgan fingerprint density at radius 1 is 1.08 bits per heavy atom. The van der Waals surface area contributed by atoms with Crippen molar-refractivity contribution in [2.75, 3.05) is 13.2 Å². The zero-order valence-corrected chi connectivity index (χ0v) is 14.2. The van der Waals surface area contributed by atoms with Crippen LogP contribution >= 0.6 is 0 Å². The third-order valence-corrected chi connectivity index (χ3v) is 4.12. The maximum atomic E-state index is 12.3. The SMILES string of the molecule is C#CCOC(=O)CC(OS(=O)(=O)c1ccc(C)cc1)C(=O)OCC#C. The van der Waals surface area contributed by atoms with Crippen molar-refractivity contribution in [3.8, 4) is 24.7 Å². The molecule has 1 atom stereocenters. The first-order valence-electron chi connectivity index (χ1n) is 6.99. The number of carbonyl (C=O) groups is 2. The molecule has 0 N–H and O–H groups in total. The van der Waals surface area contributed by atoms with E-state index >= 15 is 0 Å². The van der Waals surface area contributed by atoms with Crippen molar-refractivity contribution in [3.63, 3.8) is 0 Å². The standard InChI is InChI=1S/C17H16O7S/c1-4-10-22-16(18)12-15(17(19)23-11-5-2)24-25(20,21)14-8-6-13(3)7-9-14/h1-2,6-9,15H,10-12H2,3H3. The number of esters is 2. The molecular weight excluding hydrogens is 348 g/mol. The topological polar surface area (TPSA) is 96.0 Å². The lowest BCUT2D eigenvalue weighted by Crippen LogP contribution is -2.32. The van der Waals surface area contributed by atoms with E-state index in [9.17, 15) is 18.0 Å². The summed E-state index contributed by atoms with van der Waals surface area (Å²) >= 11 is 0. The van der Waals surface area contributed by atoms with E-state index in [4.69, 9.17) is 17.0 Å². The van der Waals surface area contributed by atoms with Crippen molar-refractivity contribution < 1.29 is 31.7 Å². The average molecular weight is 364 g/mol. The molecule has 1 rings (SSSR count). The third-order valence-electron chi connectivity index (χ3n) is 2.78. The molecule has 0 saturated heterocycles. The summed E-state index contributed by atoms with van der Waals surface area (Å²) in [5.41, 5.74) is 0.835. The van der Waals surface area contributed by atoms with Gasteiger partial charge in [-0.05, 0) is 19.1 Å². The molecule has 8 heteroatoms. The second kappa shape index (κ2) is 9.48. The summed E-state index contributed by atoms with van der Waals surface area (Å²) in [5.74, 6) is 2.10. The van der Waals surface area contributed by atoms with Crippen LogP contribution in [-0.4, -0.2) is 39.7 Å². The van der Waals surface area contributed by atoms with Crippen molar-refractivity contribution in [1.82, 2.24) is 0 Å². The van der Waals surface area contributed by atoms with Crippen LogP contribution in [0.5, 0.6) is 0 Å². The molecule has 25 heavy (non-hydrogen) atoms. The fraction of sp³-hybridized carbons (Fsp3) is 0.294. The fourth-order valence-corrected chi connectivity index (χ4v) is 2.64. The van der Waals surface area contributed by atoms with Crippen molar-refractivity contribution >= 4 is 22.1 Å². The lowest BCUT2D eigenvalue weighted by molar-refractivity contribution is -0.156. The smallest absolute Gasteiger partial charge is 0.338 e. The van der Waals surface area contributed by atoms with Gasteiger partial charge in [0.15, 0.2) is 19.3 Å². The minimum Gasteiger partial charge on any atom is -0.452 e. The number of hydrogen-bond donors (Lipinski definition) is 0. The Bertz CT molecular complexity index is 795. The van der Waals surface area contributed by atoms with Gasteiger partial charge in [0.25, 0.3) is 10.1 Å². The number of aryl methyl sites for hydroxylation is 1. The van der Waals surface area contributed by atoms with E-state index in [1.807, 2.05) is 0 Å². The number of benzene rings is 1. The molecule has 132 valence electrons. The summed E-state index contributed by atoms with van der Waals surface area (Å²) in [6.45, 7) is 1.05. The first kappa shape index (κ1) is 20.2. The van der Waals surface area contributed by atoms with Crippen LogP contribution in [0.15, 0.2) is 29.2 Å². The number of rotatable bonds is 8. The molecule has 0 bridgehead atoms. The van der Waals surface area contributed by atoms with Crippen molar-refractivity contribution in [1.29, 1.82) is 0 Å². The highest BCUT2D eigenvalue weighted by Gasteiger charge is 2.31. The summed E-state index contributed by atoms with van der Waals surface area (Å²) in [7, 11) is -4.31. The quantitative estimate of drug-likeness (QED) is 0.383. The Kier molecular flexibility index (Phi) is 7.67. The van der Waals surface area contributed by atoms with Crippen LogP contribution in [0.4, 0.5) is 0 Å². The zero-order chi connectivity index (χ0) is 18.9. The van der Waals surface area contributed by atoms with Crippen LogP contribution in [0.25, 0.3) is 0 Å². The van der Waals surface area contributed by atoms with E-state index < -0.39 is 41.2 Å². The van der Waals surface area contributed by atoms with Crippen LogP contribution < -0.4 is 0 Å². The highest BCUT2D eigenvalue weighted by Crippen LogP contribution is 2.17. The molecule has 0 aliphatic carbocycles. The Hall–Kier alpha value is -2.81. The Labute approximate surface area is 146 Å². The zero-order valence-electron chi connectivity index (χ0n) is 13.4. The Morgan fingerprint density at radius 2 is 1.64 bits per heavy atom. The van der Waals surface area contributed by atoms with Gasteiger partial charge < -0.3 is 9.47 Å². The van der Waals surface area contributed by atoms with Gasteiger partial charge in [-0.2, -0.15) is 8.42 Å².